The number of hydrogen-bond donors (Lipinski definition) is 7. The van der Waals surface area contributed by atoms with Gasteiger partial charge in [0.15, 0.2) is 17.1 Å². The standard InChI is InChI=1S/C59H72FN9O10S/c1-34-50(80-33-63-34)37-16-14-36(15-17-37)44(65-54(75)46-29-40(70)32-69(46)56(77)51(58(2,3)4)66-57(78)59(60)23-24-59)31-49(72)61-25-11-9-7-8-10-12-26-62-52(73)39-18-13-35-20-22-43(42(35)27-39)64-53(74)45-30-48(79-67-45)38-19-21-41(47(71)28-38)55(76)68(5)6/h13-19,21,27-28,30,33,40,43-44,46,51,70-71H,7-12,20,22-26,29,31-32H2,1-6H3,(H,61,72)(H,62,73)(H,64,74)(H,65,75)(H,66,78)/t40-,43-,44+,46+,51-/m1/s1. The van der Waals surface area contributed by atoms with Crippen LogP contribution in [0.5, 0.6) is 5.75 Å². The highest BCUT2D eigenvalue weighted by Crippen LogP contribution is 2.41. The van der Waals surface area contributed by atoms with E-state index < -0.39 is 58.9 Å². The van der Waals surface area contributed by atoms with Crippen molar-refractivity contribution >= 4 is 52.7 Å². The predicted molar refractivity (Wildman–Crippen MR) is 298 cm³/mol. The number of phenolic OH excluding ortho intramolecular Hbond substituents is 1. The molecule has 19 nitrogen and oxygen atoms in total. The molecule has 1 aliphatic heterocycles. The summed E-state index contributed by atoms with van der Waals surface area (Å²) >= 11 is 1.51. The Hall–Kier alpha value is -7.52. The normalized spacial score (nSPS) is 17.9. The number of hydrogen-bond acceptors (Lipinski definition) is 13. The molecule has 3 aromatic carbocycles. The third-order valence-corrected chi connectivity index (χ3v) is 16.0. The number of aliphatic hydroxyl groups excluding tert-OH is 1. The van der Waals surface area contributed by atoms with Gasteiger partial charge in [-0.05, 0) is 97.4 Å². The van der Waals surface area contributed by atoms with Crippen LogP contribution in [0.4, 0.5) is 4.39 Å². The van der Waals surface area contributed by atoms with E-state index in [1.807, 2.05) is 43.3 Å². The largest absolute Gasteiger partial charge is 0.507 e. The molecule has 3 heterocycles. The van der Waals surface area contributed by atoms with Crippen molar-refractivity contribution in [2.45, 2.75) is 141 Å². The van der Waals surface area contributed by atoms with Gasteiger partial charge in [-0.2, -0.15) is 0 Å². The van der Waals surface area contributed by atoms with E-state index in [9.17, 15) is 48.2 Å². The first-order valence-electron chi connectivity index (χ1n) is 27.4. The molecule has 7 amide bonds. The highest BCUT2D eigenvalue weighted by Gasteiger charge is 2.53. The van der Waals surface area contributed by atoms with Gasteiger partial charge in [0.2, 0.25) is 17.7 Å². The monoisotopic (exact) mass is 1120 g/mol. The zero-order valence-electron chi connectivity index (χ0n) is 46.2. The average molecular weight is 1120 g/mol. The Kier molecular flexibility index (Phi) is 18.5. The number of benzene rings is 3. The zero-order chi connectivity index (χ0) is 57.5. The number of nitrogens with one attached hydrogen (secondary N) is 5. The lowest BCUT2D eigenvalue weighted by Gasteiger charge is -2.36. The van der Waals surface area contributed by atoms with Crippen LogP contribution in [0.1, 0.15) is 157 Å². The molecule has 1 saturated heterocycles. The minimum atomic E-state index is -2.02. The number of amides is 7. The maximum atomic E-state index is 14.8. The molecule has 2 aliphatic carbocycles. The molecule has 0 spiro atoms. The smallest absolute Gasteiger partial charge is 0.273 e. The van der Waals surface area contributed by atoms with Crippen molar-refractivity contribution in [1.82, 2.24) is 46.5 Å². The van der Waals surface area contributed by atoms with Gasteiger partial charge in [0.1, 0.15) is 17.8 Å². The fourth-order valence-electron chi connectivity index (χ4n) is 10.2. The number of carbonyl (C=O) groups excluding carboxylic acids is 7. The highest BCUT2D eigenvalue weighted by molar-refractivity contribution is 7.13. The van der Waals surface area contributed by atoms with Crippen molar-refractivity contribution in [3.8, 4) is 27.5 Å². The molecular formula is C59H72FN9O10S. The molecular weight excluding hydrogens is 1050 g/mol. The van der Waals surface area contributed by atoms with Crippen LogP contribution in [0.15, 0.2) is 76.8 Å². The van der Waals surface area contributed by atoms with Crippen molar-refractivity contribution < 1.29 is 52.7 Å². The molecule has 0 bridgehead atoms. The van der Waals surface area contributed by atoms with Crippen LogP contribution in [0.3, 0.4) is 0 Å². The fourth-order valence-corrected chi connectivity index (χ4v) is 11.0. The predicted octanol–water partition coefficient (Wildman–Crippen LogP) is 7.03. The Labute approximate surface area is 468 Å². The minimum Gasteiger partial charge on any atom is -0.507 e. The number of alkyl halides is 1. The number of aromatic hydroxyl groups is 1. The molecule has 5 atom stereocenters. The minimum absolute atomic E-state index is 0.0468. The first-order valence-corrected chi connectivity index (χ1v) is 28.3. The number of unbranched alkanes of at least 4 members (excludes halogenated alkanes) is 5. The summed E-state index contributed by atoms with van der Waals surface area (Å²) in [5, 5.41) is 39.8. The Morgan fingerprint density at radius 1 is 0.875 bits per heavy atom. The fraction of sp³-hybridized carbons (Fsp3) is 0.475. The van der Waals surface area contributed by atoms with Gasteiger partial charge in [0.25, 0.3) is 23.6 Å². The molecule has 2 aromatic heterocycles. The van der Waals surface area contributed by atoms with Crippen LogP contribution in [-0.2, 0) is 25.6 Å². The Bertz CT molecular complexity index is 3090. The van der Waals surface area contributed by atoms with E-state index in [-0.39, 0.29) is 78.8 Å². The lowest BCUT2D eigenvalue weighted by Crippen LogP contribution is -2.59. The van der Waals surface area contributed by atoms with Crippen molar-refractivity contribution in [1.29, 1.82) is 0 Å². The van der Waals surface area contributed by atoms with Crippen LogP contribution in [0.2, 0.25) is 0 Å². The maximum Gasteiger partial charge on any atom is 0.273 e. The number of thiazole rings is 1. The topological polar surface area (TPSA) is 266 Å². The van der Waals surface area contributed by atoms with E-state index in [0.29, 0.717) is 36.2 Å². The molecule has 5 aromatic rings. The highest BCUT2D eigenvalue weighted by atomic mass is 32.1. The number of aryl methyl sites for hydroxylation is 2. The number of halogens is 1. The van der Waals surface area contributed by atoms with E-state index in [1.165, 1.54) is 39.3 Å². The van der Waals surface area contributed by atoms with Crippen molar-refractivity contribution in [2.24, 2.45) is 5.41 Å². The lowest BCUT2D eigenvalue weighted by atomic mass is 9.85. The summed E-state index contributed by atoms with van der Waals surface area (Å²) in [5.41, 5.74) is 4.41. The molecule has 0 unspecified atom stereocenters. The number of nitrogens with zero attached hydrogens (tertiary/aromatic N) is 4. The molecule has 426 valence electrons. The van der Waals surface area contributed by atoms with Crippen LogP contribution in [0, 0.1) is 12.3 Å². The summed E-state index contributed by atoms with van der Waals surface area (Å²) in [4.78, 5) is 101. The molecule has 1 saturated carbocycles. The first kappa shape index (κ1) is 58.6. The van der Waals surface area contributed by atoms with Crippen molar-refractivity contribution in [3.05, 3.63) is 111 Å². The summed E-state index contributed by atoms with van der Waals surface area (Å²) in [6.07, 6.45) is 5.49. The van der Waals surface area contributed by atoms with E-state index >= 15 is 0 Å². The molecule has 21 heteroatoms. The van der Waals surface area contributed by atoms with Crippen LogP contribution in [-0.4, -0.2) is 129 Å². The number of likely N-dealkylation sites (tertiary alicyclic amines) is 1. The Balaban J connectivity index is 0.768. The van der Waals surface area contributed by atoms with Gasteiger partial charge in [0.05, 0.1) is 46.3 Å². The summed E-state index contributed by atoms with van der Waals surface area (Å²) in [6, 6.07) is 15.6. The van der Waals surface area contributed by atoms with Crippen LogP contribution >= 0.6 is 11.3 Å². The summed E-state index contributed by atoms with van der Waals surface area (Å²) in [5.74, 6) is -3.31. The lowest BCUT2D eigenvalue weighted by molar-refractivity contribution is -0.145. The maximum absolute atomic E-state index is 14.8. The molecule has 7 N–H and O–H groups in total. The van der Waals surface area contributed by atoms with Gasteiger partial charge in [-0.15, -0.1) is 11.3 Å². The number of fused-ring (bicyclic) bond motifs is 1. The van der Waals surface area contributed by atoms with E-state index in [2.05, 4.69) is 36.7 Å². The van der Waals surface area contributed by atoms with Gasteiger partial charge >= 0.3 is 0 Å². The molecule has 2 fully saturated rings. The number of carbonyl (C=O) groups is 7. The number of aromatic nitrogens is 2. The van der Waals surface area contributed by atoms with Gasteiger partial charge in [-0.25, -0.2) is 9.37 Å². The van der Waals surface area contributed by atoms with Crippen LogP contribution in [0.25, 0.3) is 21.8 Å². The van der Waals surface area contributed by atoms with Gasteiger partial charge in [0, 0.05) is 57.3 Å². The average Bonchev–Trinajstić information content (AvgIpc) is 3.90. The molecule has 80 heavy (non-hydrogen) atoms. The number of aliphatic hydroxyl groups is 1. The Morgan fingerprint density at radius 2 is 1.56 bits per heavy atom. The van der Waals surface area contributed by atoms with Crippen molar-refractivity contribution in [3.63, 3.8) is 0 Å². The molecule has 0 radical (unpaired) electrons. The van der Waals surface area contributed by atoms with Gasteiger partial charge in [-0.3, -0.25) is 33.6 Å². The second kappa shape index (κ2) is 25.3. The van der Waals surface area contributed by atoms with E-state index in [1.54, 1.807) is 52.5 Å². The van der Waals surface area contributed by atoms with Crippen molar-refractivity contribution in [2.75, 3.05) is 33.7 Å². The van der Waals surface area contributed by atoms with Gasteiger partial charge in [-0.1, -0.05) is 88.0 Å². The SMILES string of the molecule is Cc1ncsc1-c1ccc([C@H](CC(=O)NCCCCCCCCNC(=O)c2ccc3c(c2)[C@H](NC(=O)c2cc(-c4ccc(C(=O)N(C)C)c(O)c4)on2)CC3)NC(=O)[C@@H]2C[C@@H](O)CN2C(=O)[C@@H](NC(=O)C2(F)CC2)C(C)(C)C)cc1. The van der Waals surface area contributed by atoms with E-state index in [4.69, 9.17) is 4.52 Å². The van der Waals surface area contributed by atoms with E-state index in [0.717, 1.165) is 72.2 Å². The molecule has 3 aliphatic rings. The number of β-amino-alcohol motifs (C(OH)–C–C–N with tert-alkyl or cyclic N) is 1. The second-order valence-corrected chi connectivity index (χ2v) is 23.4. The first-order chi connectivity index (χ1) is 38.1. The third kappa shape index (κ3) is 14.3. The Morgan fingerprint density at radius 3 is 2.21 bits per heavy atom. The number of phenols is 1. The van der Waals surface area contributed by atoms with Crippen LogP contribution < -0.4 is 26.6 Å². The number of rotatable bonds is 23. The zero-order valence-corrected chi connectivity index (χ0v) is 47.0. The second-order valence-electron chi connectivity index (χ2n) is 22.5. The molecule has 8 rings (SSSR count). The summed E-state index contributed by atoms with van der Waals surface area (Å²) in [7, 11) is 3.17. The third-order valence-electron chi connectivity index (χ3n) is 15.0. The van der Waals surface area contributed by atoms with Gasteiger partial charge < -0.3 is 51.1 Å². The summed E-state index contributed by atoms with van der Waals surface area (Å²) in [6.45, 7) is 7.90. The quantitative estimate of drug-likeness (QED) is 0.0325. The summed E-state index contributed by atoms with van der Waals surface area (Å²) < 4.78 is 20.2.